The Morgan fingerprint density at radius 2 is 2.05 bits per heavy atom. The van der Waals surface area contributed by atoms with Gasteiger partial charge in [-0.05, 0) is 32.1 Å². The van der Waals surface area contributed by atoms with Crippen molar-refractivity contribution in [2.75, 3.05) is 23.3 Å². The van der Waals surface area contributed by atoms with Gasteiger partial charge in [-0.3, -0.25) is 0 Å². The highest BCUT2D eigenvalue weighted by Gasteiger charge is 2.32. The lowest BCUT2D eigenvalue weighted by molar-refractivity contribution is 0.543. The lowest BCUT2D eigenvalue weighted by atomic mass is 10.1. The molecule has 0 bridgehead atoms. The van der Waals surface area contributed by atoms with Gasteiger partial charge in [0.2, 0.25) is 0 Å². The summed E-state index contributed by atoms with van der Waals surface area (Å²) in [6.07, 6.45) is 3.10. The number of rotatable bonds is 7. The number of aromatic nitrogens is 1. The molecule has 0 spiro atoms. The van der Waals surface area contributed by atoms with Gasteiger partial charge in [-0.15, -0.1) is 0 Å². The first-order chi connectivity index (χ1) is 9.52. The Kier molecular flexibility index (Phi) is 4.78. The van der Waals surface area contributed by atoms with E-state index >= 15 is 0 Å². The van der Waals surface area contributed by atoms with E-state index in [4.69, 9.17) is 0 Å². The first-order valence-corrected chi connectivity index (χ1v) is 7.39. The molecule has 0 atom stereocenters. The van der Waals surface area contributed by atoms with E-state index in [2.05, 4.69) is 24.1 Å². The van der Waals surface area contributed by atoms with Gasteiger partial charge >= 0.3 is 0 Å². The highest BCUT2D eigenvalue weighted by Crippen LogP contribution is 2.33. The molecule has 1 aliphatic rings. The number of nitrogens with zero attached hydrogens (tertiary/aromatic N) is 2. The first-order valence-electron chi connectivity index (χ1n) is 7.39. The van der Waals surface area contributed by atoms with Crippen LogP contribution in [0.3, 0.4) is 0 Å². The maximum absolute atomic E-state index is 14.1. The average Bonchev–Trinajstić information content (AvgIpc) is 3.19. The van der Waals surface area contributed by atoms with Crippen LogP contribution in [0.5, 0.6) is 0 Å². The number of pyridine rings is 1. The smallest absolute Gasteiger partial charge is 0.168 e. The van der Waals surface area contributed by atoms with Crippen molar-refractivity contribution in [3.63, 3.8) is 0 Å². The molecule has 0 unspecified atom stereocenters. The Hall–Kier alpha value is -1.39. The van der Waals surface area contributed by atoms with Gasteiger partial charge < -0.3 is 10.2 Å². The molecule has 0 aliphatic heterocycles. The lowest BCUT2D eigenvalue weighted by Gasteiger charge is -2.25. The van der Waals surface area contributed by atoms with Crippen LogP contribution in [-0.2, 0) is 0 Å². The van der Waals surface area contributed by atoms with Crippen LogP contribution < -0.4 is 10.2 Å². The minimum Gasteiger partial charge on any atom is -0.368 e. The lowest BCUT2D eigenvalue weighted by Crippen LogP contribution is -2.30. The molecule has 112 valence electrons. The zero-order chi connectivity index (χ0) is 14.7. The highest BCUT2D eigenvalue weighted by molar-refractivity contribution is 5.50. The summed E-state index contributed by atoms with van der Waals surface area (Å²) in [5.74, 6) is -0.231. The minimum absolute atomic E-state index is 0.138. The maximum Gasteiger partial charge on any atom is 0.168 e. The largest absolute Gasteiger partial charge is 0.368 e. The Balaban J connectivity index is 2.24. The van der Waals surface area contributed by atoms with E-state index in [0.717, 1.165) is 31.9 Å². The third kappa shape index (κ3) is 3.58. The molecule has 1 N–H and O–H groups in total. The summed E-state index contributed by atoms with van der Waals surface area (Å²) in [5.41, 5.74) is 0. The summed E-state index contributed by atoms with van der Waals surface area (Å²) < 4.78 is 27.7. The normalized spacial score (nSPS) is 14.7. The molecule has 2 rings (SSSR count). The second-order valence-corrected chi connectivity index (χ2v) is 5.76. The summed E-state index contributed by atoms with van der Waals surface area (Å²) in [5, 5.41) is 2.84. The van der Waals surface area contributed by atoms with Gasteiger partial charge in [0.15, 0.2) is 23.3 Å². The molecule has 0 aromatic carbocycles. The molecule has 0 saturated heterocycles. The fourth-order valence-corrected chi connectivity index (χ4v) is 2.19. The van der Waals surface area contributed by atoms with Crippen molar-refractivity contribution in [1.29, 1.82) is 0 Å². The molecule has 1 saturated carbocycles. The van der Waals surface area contributed by atoms with Gasteiger partial charge in [-0.25, -0.2) is 13.8 Å². The number of hydrogen-bond donors (Lipinski definition) is 1. The molecule has 0 radical (unpaired) electrons. The van der Waals surface area contributed by atoms with Crippen LogP contribution in [0.1, 0.15) is 40.0 Å². The third-order valence-corrected chi connectivity index (χ3v) is 3.46. The van der Waals surface area contributed by atoms with Crippen molar-refractivity contribution in [3.05, 3.63) is 17.7 Å². The zero-order valence-electron chi connectivity index (χ0n) is 12.4. The second-order valence-electron chi connectivity index (χ2n) is 5.76. The molecular weight excluding hydrogens is 260 g/mol. The van der Waals surface area contributed by atoms with Crippen LogP contribution in [-0.4, -0.2) is 24.1 Å². The van der Waals surface area contributed by atoms with E-state index < -0.39 is 11.6 Å². The van der Waals surface area contributed by atoms with Gasteiger partial charge in [-0.2, -0.15) is 0 Å². The quantitative estimate of drug-likeness (QED) is 0.825. The predicted octanol–water partition coefficient (Wildman–Crippen LogP) is 3.81. The third-order valence-electron chi connectivity index (χ3n) is 3.46. The van der Waals surface area contributed by atoms with Crippen molar-refractivity contribution in [3.8, 4) is 0 Å². The fraction of sp³-hybridized carbons (Fsp3) is 0.667. The molecule has 3 nitrogen and oxygen atoms in total. The molecule has 1 aliphatic carbocycles. The Morgan fingerprint density at radius 3 is 2.60 bits per heavy atom. The minimum atomic E-state index is -0.632. The summed E-state index contributed by atoms with van der Waals surface area (Å²) >= 11 is 0. The van der Waals surface area contributed by atoms with Crippen LogP contribution in [0.15, 0.2) is 6.07 Å². The van der Waals surface area contributed by atoms with E-state index in [9.17, 15) is 8.78 Å². The highest BCUT2D eigenvalue weighted by atomic mass is 19.1. The summed E-state index contributed by atoms with van der Waals surface area (Å²) in [6.45, 7) is 7.47. The molecule has 1 aromatic heterocycles. The van der Waals surface area contributed by atoms with Crippen molar-refractivity contribution < 1.29 is 8.78 Å². The molecule has 20 heavy (non-hydrogen) atoms. The van der Waals surface area contributed by atoms with Crippen LogP contribution in [0.4, 0.5) is 20.4 Å². The summed E-state index contributed by atoms with van der Waals surface area (Å²) in [7, 11) is 0. The SMILES string of the molecule is CCNc1nc(N(CCC(C)C)C2CC2)c(F)cc1F. The number of nitrogens with one attached hydrogen (secondary N) is 1. The van der Waals surface area contributed by atoms with Crippen LogP contribution in [0.2, 0.25) is 0 Å². The van der Waals surface area contributed by atoms with Gasteiger partial charge in [0.05, 0.1) is 0 Å². The van der Waals surface area contributed by atoms with Gasteiger partial charge in [0.1, 0.15) is 0 Å². The Labute approximate surface area is 119 Å². The van der Waals surface area contributed by atoms with Crippen molar-refractivity contribution in [1.82, 2.24) is 4.98 Å². The maximum atomic E-state index is 14.1. The van der Waals surface area contributed by atoms with E-state index in [1.54, 1.807) is 0 Å². The van der Waals surface area contributed by atoms with Crippen LogP contribution in [0.25, 0.3) is 0 Å². The zero-order valence-corrected chi connectivity index (χ0v) is 12.4. The monoisotopic (exact) mass is 283 g/mol. The van der Waals surface area contributed by atoms with Gasteiger partial charge in [-0.1, -0.05) is 13.8 Å². The first kappa shape index (κ1) is 15.0. The second kappa shape index (κ2) is 6.37. The molecule has 1 aromatic rings. The van der Waals surface area contributed by atoms with E-state index in [1.165, 1.54) is 0 Å². The number of hydrogen-bond acceptors (Lipinski definition) is 3. The van der Waals surface area contributed by atoms with E-state index in [-0.39, 0.29) is 11.6 Å². The topological polar surface area (TPSA) is 28.2 Å². The molecule has 0 amide bonds. The molecule has 5 heteroatoms. The molecular formula is C15H23F2N3. The van der Waals surface area contributed by atoms with E-state index in [0.29, 0.717) is 18.5 Å². The fourth-order valence-electron chi connectivity index (χ4n) is 2.19. The van der Waals surface area contributed by atoms with Gasteiger partial charge in [0, 0.05) is 25.2 Å². The number of anilines is 2. The summed E-state index contributed by atoms with van der Waals surface area (Å²) in [6, 6.07) is 1.29. The van der Waals surface area contributed by atoms with Gasteiger partial charge in [0.25, 0.3) is 0 Å². The standard InChI is InChI=1S/C15H23F2N3/c1-4-18-14-12(16)9-13(17)15(19-14)20(11-5-6-11)8-7-10(2)3/h9-11H,4-8H2,1-3H3,(H,18,19). The van der Waals surface area contributed by atoms with Crippen molar-refractivity contribution in [2.24, 2.45) is 5.92 Å². The number of halogens is 2. The van der Waals surface area contributed by atoms with Crippen molar-refractivity contribution >= 4 is 11.6 Å². The van der Waals surface area contributed by atoms with Crippen LogP contribution in [0, 0.1) is 17.6 Å². The predicted molar refractivity (Wildman–Crippen MR) is 78.1 cm³/mol. The Morgan fingerprint density at radius 1 is 1.35 bits per heavy atom. The van der Waals surface area contributed by atoms with Crippen LogP contribution >= 0.6 is 0 Å². The summed E-state index contributed by atoms with van der Waals surface area (Å²) in [4.78, 5) is 6.16. The molecule has 1 fully saturated rings. The van der Waals surface area contributed by atoms with Crippen molar-refractivity contribution in [2.45, 2.75) is 46.1 Å². The Bertz CT molecular complexity index is 459. The van der Waals surface area contributed by atoms with E-state index in [1.807, 2.05) is 11.8 Å². The average molecular weight is 283 g/mol. The molecule has 1 heterocycles.